The van der Waals surface area contributed by atoms with E-state index >= 15 is 0 Å². The van der Waals surface area contributed by atoms with Crippen LogP contribution in [0.25, 0.3) is 0 Å². The number of likely N-dealkylation sites (tertiary alicyclic amines) is 1. The molecule has 0 aliphatic carbocycles. The zero-order valence-corrected chi connectivity index (χ0v) is 12.1. The molecule has 3 nitrogen and oxygen atoms in total. The summed E-state index contributed by atoms with van der Waals surface area (Å²) in [6, 6.07) is 0. The van der Waals surface area contributed by atoms with E-state index in [2.05, 4.69) is 11.8 Å². The Balaban J connectivity index is 2.28. The minimum absolute atomic E-state index is 0.609. The van der Waals surface area contributed by atoms with E-state index in [-0.39, 0.29) is 0 Å². The summed E-state index contributed by atoms with van der Waals surface area (Å²) in [5.74, 6) is -0.645. The molecule has 18 heavy (non-hydrogen) atoms. The summed E-state index contributed by atoms with van der Waals surface area (Å²) >= 11 is 0. The highest BCUT2D eigenvalue weighted by Crippen LogP contribution is 2.28. The van der Waals surface area contributed by atoms with E-state index in [0.29, 0.717) is 0 Å². The van der Waals surface area contributed by atoms with Gasteiger partial charge in [0.1, 0.15) is 5.54 Å². The Morgan fingerprint density at radius 3 is 2.50 bits per heavy atom. The van der Waals surface area contributed by atoms with Crippen LogP contribution in [0.2, 0.25) is 0 Å². The van der Waals surface area contributed by atoms with Crippen molar-refractivity contribution in [3.63, 3.8) is 0 Å². The monoisotopic (exact) mass is 255 g/mol. The fourth-order valence-electron chi connectivity index (χ4n) is 2.86. The minimum atomic E-state index is -0.645. The maximum atomic E-state index is 11.4. The molecule has 1 aliphatic rings. The molecule has 3 heteroatoms. The van der Waals surface area contributed by atoms with Gasteiger partial charge in [-0.2, -0.15) is 0 Å². The molecule has 1 saturated heterocycles. The summed E-state index contributed by atoms with van der Waals surface area (Å²) in [5, 5.41) is 9.40. The zero-order chi connectivity index (χ0) is 13.4. The van der Waals surface area contributed by atoms with Gasteiger partial charge in [-0.15, -0.1) is 0 Å². The number of carbonyl (C=O) groups is 1. The smallest absolute Gasteiger partial charge is 0.323 e. The van der Waals surface area contributed by atoms with Crippen molar-refractivity contribution in [2.45, 2.75) is 77.2 Å². The lowest BCUT2D eigenvalue weighted by atomic mass is 9.88. The molecule has 0 aromatic rings. The lowest BCUT2D eigenvalue weighted by Gasteiger charge is -2.41. The van der Waals surface area contributed by atoms with Crippen LogP contribution in [0.1, 0.15) is 71.6 Å². The molecule has 0 aromatic heterocycles. The quantitative estimate of drug-likeness (QED) is 0.673. The van der Waals surface area contributed by atoms with Crippen LogP contribution in [-0.2, 0) is 4.79 Å². The predicted molar refractivity (Wildman–Crippen MR) is 74.8 cm³/mol. The molecule has 1 heterocycles. The molecule has 0 spiro atoms. The number of hydrogen-bond acceptors (Lipinski definition) is 2. The van der Waals surface area contributed by atoms with Crippen LogP contribution in [0.3, 0.4) is 0 Å². The van der Waals surface area contributed by atoms with Crippen LogP contribution in [0.5, 0.6) is 0 Å². The van der Waals surface area contributed by atoms with Crippen molar-refractivity contribution in [2.75, 3.05) is 13.1 Å². The third kappa shape index (κ3) is 4.27. The van der Waals surface area contributed by atoms with Crippen molar-refractivity contribution >= 4 is 5.97 Å². The van der Waals surface area contributed by atoms with Crippen molar-refractivity contribution in [3.05, 3.63) is 0 Å². The molecule has 1 rings (SSSR count). The van der Waals surface area contributed by atoms with E-state index in [1.165, 1.54) is 32.1 Å². The minimum Gasteiger partial charge on any atom is -0.480 e. The maximum absolute atomic E-state index is 11.4. The summed E-state index contributed by atoms with van der Waals surface area (Å²) in [7, 11) is 0. The Morgan fingerprint density at radius 1 is 1.17 bits per heavy atom. The average molecular weight is 255 g/mol. The fourth-order valence-corrected chi connectivity index (χ4v) is 2.86. The Morgan fingerprint density at radius 2 is 1.83 bits per heavy atom. The first-order valence-corrected chi connectivity index (χ1v) is 7.59. The number of piperidine rings is 1. The molecular formula is C15H29NO2. The van der Waals surface area contributed by atoms with Crippen molar-refractivity contribution in [1.29, 1.82) is 0 Å². The van der Waals surface area contributed by atoms with Crippen molar-refractivity contribution in [3.8, 4) is 0 Å². The molecule has 1 N–H and O–H groups in total. The first kappa shape index (κ1) is 15.5. The highest BCUT2D eigenvalue weighted by molar-refractivity contribution is 5.78. The average Bonchev–Trinajstić information content (AvgIpc) is 2.35. The molecule has 0 amide bonds. The van der Waals surface area contributed by atoms with E-state index in [4.69, 9.17) is 0 Å². The van der Waals surface area contributed by atoms with Gasteiger partial charge in [0.15, 0.2) is 0 Å². The third-order valence-electron chi connectivity index (χ3n) is 4.28. The molecule has 0 bridgehead atoms. The van der Waals surface area contributed by atoms with Crippen LogP contribution in [0.4, 0.5) is 0 Å². The molecule has 1 aliphatic heterocycles. The first-order valence-electron chi connectivity index (χ1n) is 7.59. The van der Waals surface area contributed by atoms with E-state index in [1.807, 2.05) is 6.92 Å². The zero-order valence-electron chi connectivity index (χ0n) is 12.1. The van der Waals surface area contributed by atoms with Crippen LogP contribution in [0, 0.1) is 0 Å². The number of carboxylic acid groups (broad SMARTS) is 1. The van der Waals surface area contributed by atoms with Gasteiger partial charge in [0.2, 0.25) is 0 Å². The maximum Gasteiger partial charge on any atom is 0.323 e. The molecule has 0 radical (unpaired) electrons. The molecule has 1 unspecified atom stereocenters. The van der Waals surface area contributed by atoms with Gasteiger partial charge in [-0.25, -0.2) is 0 Å². The topological polar surface area (TPSA) is 40.5 Å². The number of carboxylic acids is 1. The van der Waals surface area contributed by atoms with Gasteiger partial charge in [-0.05, 0) is 45.7 Å². The summed E-state index contributed by atoms with van der Waals surface area (Å²) in [6.07, 6.45) is 10.6. The van der Waals surface area contributed by atoms with Gasteiger partial charge < -0.3 is 5.11 Å². The van der Waals surface area contributed by atoms with Gasteiger partial charge >= 0.3 is 5.97 Å². The Kier molecular flexibility index (Phi) is 6.69. The van der Waals surface area contributed by atoms with Crippen LogP contribution in [0.15, 0.2) is 0 Å². The molecule has 0 saturated carbocycles. The van der Waals surface area contributed by atoms with Crippen LogP contribution < -0.4 is 0 Å². The standard InChI is InChI=1S/C15H29NO2/c1-3-4-5-6-7-9-12-16-13-10-8-11-15(16,2)14(17)18/h3-13H2,1-2H3,(H,17,18). The van der Waals surface area contributed by atoms with E-state index in [1.54, 1.807) is 0 Å². The van der Waals surface area contributed by atoms with E-state index < -0.39 is 11.5 Å². The second kappa shape index (κ2) is 7.78. The molecule has 1 fully saturated rings. The second-order valence-corrected chi connectivity index (χ2v) is 5.79. The number of unbranched alkanes of at least 4 members (excludes halogenated alkanes) is 5. The molecule has 1 atom stereocenters. The SMILES string of the molecule is CCCCCCCCN1CCCCC1(C)C(=O)O. The number of nitrogens with zero attached hydrogens (tertiary/aromatic N) is 1. The largest absolute Gasteiger partial charge is 0.480 e. The number of hydrogen-bond donors (Lipinski definition) is 1. The summed E-state index contributed by atoms with van der Waals surface area (Å²) in [5.41, 5.74) is -0.609. The Bertz CT molecular complexity index is 255. The Labute approximate surface area is 112 Å². The number of rotatable bonds is 8. The van der Waals surface area contributed by atoms with E-state index in [0.717, 1.165) is 38.8 Å². The lowest BCUT2D eigenvalue weighted by molar-refractivity contribution is -0.152. The van der Waals surface area contributed by atoms with Crippen molar-refractivity contribution in [2.24, 2.45) is 0 Å². The molecule has 106 valence electrons. The lowest BCUT2D eigenvalue weighted by Crippen LogP contribution is -2.55. The first-order chi connectivity index (χ1) is 8.61. The normalized spacial score (nSPS) is 25.2. The fraction of sp³-hybridized carbons (Fsp3) is 0.933. The third-order valence-corrected chi connectivity index (χ3v) is 4.28. The predicted octanol–water partition coefficient (Wildman–Crippen LogP) is 3.68. The highest BCUT2D eigenvalue weighted by atomic mass is 16.4. The number of aliphatic carboxylic acids is 1. The van der Waals surface area contributed by atoms with E-state index in [9.17, 15) is 9.90 Å². The molecule has 0 aromatic carbocycles. The summed E-state index contributed by atoms with van der Waals surface area (Å²) in [4.78, 5) is 13.6. The van der Waals surface area contributed by atoms with Crippen LogP contribution >= 0.6 is 0 Å². The van der Waals surface area contributed by atoms with Gasteiger partial charge in [-0.1, -0.05) is 39.0 Å². The highest BCUT2D eigenvalue weighted by Gasteiger charge is 2.40. The van der Waals surface area contributed by atoms with Crippen molar-refractivity contribution in [1.82, 2.24) is 4.90 Å². The van der Waals surface area contributed by atoms with Gasteiger partial charge in [0, 0.05) is 0 Å². The van der Waals surface area contributed by atoms with Gasteiger partial charge in [-0.3, -0.25) is 9.69 Å². The van der Waals surface area contributed by atoms with Gasteiger partial charge in [0.25, 0.3) is 0 Å². The molecular weight excluding hydrogens is 226 g/mol. The Hall–Kier alpha value is -0.570. The summed E-state index contributed by atoms with van der Waals surface area (Å²) in [6.45, 7) is 6.03. The second-order valence-electron chi connectivity index (χ2n) is 5.79. The van der Waals surface area contributed by atoms with Crippen molar-refractivity contribution < 1.29 is 9.90 Å². The van der Waals surface area contributed by atoms with Crippen LogP contribution in [-0.4, -0.2) is 34.6 Å². The summed E-state index contributed by atoms with van der Waals surface area (Å²) < 4.78 is 0. The van der Waals surface area contributed by atoms with Gasteiger partial charge in [0.05, 0.1) is 0 Å².